The zero-order chi connectivity index (χ0) is 11.9. The van der Waals surface area contributed by atoms with Crippen LogP contribution < -0.4 is 5.32 Å². The quantitative estimate of drug-likeness (QED) is 0.868. The Balaban J connectivity index is 1.50. The fraction of sp³-hybridized carbons (Fsp3) is 0.467. The molecule has 3 atom stereocenters. The molecule has 3 nitrogen and oxygen atoms in total. The molecule has 18 heavy (non-hydrogen) atoms. The standard InChI is InChI=1S/C15H18N2O/c1-2-10(12-6-7-16-13(12)3-1)9-17-14-8-11-4-5-15(14)18-11/h1-3,6-7,11,14-17H,4-5,8-9H2. The highest BCUT2D eigenvalue weighted by Gasteiger charge is 2.40. The lowest BCUT2D eigenvalue weighted by molar-refractivity contribution is 0.0973. The monoisotopic (exact) mass is 242 g/mol. The Kier molecular flexibility index (Phi) is 2.42. The number of H-pyrrole nitrogens is 1. The Morgan fingerprint density at radius 1 is 1.28 bits per heavy atom. The van der Waals surface area contributed by atoms with Gasteiger partial charge in [-0.2, -0.15) is 0 Å². The van der Waals surface area contributed by atoms with E-state index in [2.05, 4.69) is 34.6 Å². The molecule has 0 saturated carbocycles. The lowest BCUT2D eigenvalue weighted by Gasteiger charge is -2.20. The zero-order valence-electron chi connectivity index (χ0n) is 10.4. The Morgan fingerprint density at radius 2 is 2.28 bits per heavy atom. The van der Waals surface area contributed by atoms with Gasteiger partial charge < -0.3 is 15.0 Å². The van der Waals surface area contributed by atoms with Crippen molar-refractivity contribution in [3.8, 4) is 0 Å². The number of nitrogens with one attached hydrogen (secondary N) is 2. The van der Waals surface area contributed by atoms with Gasteiger partial charge in [-0.05, 0) is 37.0 Å². The molecular formula is C15H18N2O. The van der Waals surface area contributed by atoms with Crippen molar-refractivity contribution >= 4 is 10.9 Å². The first-order chi connectivity index (χ1) is 8.90. The highest BCUT2D eigenvalue weighted by atomic mass is 16.5. The van der Waals surface area contributed by atoms with E-state index in [0.717, 1.165) is 6.54 Å². The summed E-state index contributed by atoms with van der Waals surface area (Å²) in [5.74, 6) is 0. The molecule has 2 saturated heterocycles. The fourth-order valence-electron chi connectivity index (χ4n) is 3.40. The Hall–Kier alpha value is -1.32. The minimum absolute atomic E-state index is 0.459. The topological polar surface area (TPSA) is 37.0 Å². The van der Waals surface area contributed by atoms with Gasteiger partial charge >= 0.3 is 0 Å². The molecule has 2 aromatic rings. The molecule has 0 radical (unpaired) electrons. The van der Waals surface area contributed by atoms with Crippen molar-refractivity contribution in [2.45, 2.75) is 44.1 Å². The van der Waals surface area contributed by atoms with Crippen LogP contribution in [0.4, 0.5) is 0 Å². The molecule has 0 amide bonds. The van der Waals surface area contributed by atoms with E-state index in [1.54, 1.807) is 0 Å². The molecule has 2 aliphatic rings. The third-order valence-electron chi connectivity index (χ3n) is 4.35. The number of rotatable bonds is 3. The molecule has 1 aromatic heterocycles. The molecule has 2 N–H and O–H groups in total. The van der Waals surface area contributed by atoms with E-state index in [4.69, 9.17) is 4.74 Å². The molecule has 3 heterocycles. The maximum Gasteiger partial charge on any atom is 0.0733 e. The van der Waals surface area contributed by atoms with E-state index < -0.39 is 0 Å². The molecule has 2 bridgehead atoms. The summed E-state index contributed by atoms with van der Waals surface area (Å²) in [7, 11) is 0. The van der Waals surface area contributed by atoms with Crippen molar-refractivity contribution in [1.29, 1.82) is 0 Å². The smallest absolute Gasteiger partial charge is 0.0733 e. The highest BCUT2D eigenvalue weighted by molar-refractivity contribution is 5.82. The van der Waals surface area contributed by atoms with Gasteiger partial charge in [0.25, 0.3) is 0 Å². The predicted molar refractivity (Wildman–Crippen MR) is 71.4 cm³/mol. The minimum atomic E-state index is 0.459. The summed E-state index contributed by atoms with van der Waals surface area (Å²) in [4.78, 5) is 3.26. The van der Waals surface area contributed by atoms with E-state index >= 15 is 0 Å². The van der Waals surface area contributed by atoms with E-state index in [1.807, 2.05) is 6.20 Å². The van der Waals surface area contributed by atoms with Crippen LogP contribution in [0.1, 0.15) is 24.8 Å². The van der Waals surface area contributed by atoms with Crippen LogP contribution in [0.25, 0.3) is 10.9 Å². The van der Waals surface area contributed by atoms with Crippen molar-refractivity contribution < 1.29 is 4.74 Å². The third-order valence-corrected chi connectivity index (χ3v) is 4.35. The van der Waals surface area contributed by atoms with E-state index in [1.165, 1.54) is 35.7 Å². The molecule has 4 rings (SSSR count). The van der Waals surface area contributed by atoms with Gasteiger partial charge in [-0.1, -0.05) is 12.1 Å². The summed E-state index contributed by atoms with van der Waals surface area (Å²) in [6, 6.07) is 9.16. The average molecular weight is 242 g/mol. The Labute approximate surface area is 107 Å². The van der Waals surface area contributed by atoms with Crippen LogP contribution in [0.5, 0.6) is 0 Å². The van der Waals surface area contributed by atoms with Crippen molar-refractivity contribution in [2.75, 3.05) is 0 Å². The number of aromatic amines is 1. The summed E-state index contributed by atoms with van der Waals surface area (Å²) in [5.41, 5.74) is 2.59. The van der Waals surface area contributed by atoms with Crippen LogP contribution in [-0.2, 0) is 11.3 Å². The second-order valence-electron chi connectivity index (χ2n) is 5.45. The van der Waals surface area contributed by atoms with Crippen LogP contribution in [0, 0.1) is 0 Å². The maximum atomic E-state index is 5.88. The number of hydrogen-bond acceptors (Lipinski definition) is 2. The van der Waals surface area contributed by atoms with Gasteiger partial charge in [0.05, 0.1) is 12.2 Å². The van der Waals surface area contributed by atoms with Gasteiger partial charge in [-0.15, -0.1) is 0 Å². The third kappa shape index (κ3) is 1.66. The Morgan fingerprint density at radius 3 is 3.11 bits per heavy atom. The normalized spacial score (nSPS) is 30.3. The van der Waals surface area contributed by atoms with Gasteiger partial charge in [0.2, 0.25) is 0 Å². The number of hydrogen-bond donors (Lipinski definition) is 2. The van der Waals surface area contributed by atoms with Crippen LogP contribution in [0.3, 0.4) is 0 Å². The summed E-state index contributed by atoms with van der Waals surface area (Å²) in [5, 5.41) is 5.00. The first kappa shape index (κ1) is 10.6. The molecule has 3 unspecified atom stereocenters. The first-order valence-electron chi connectivity index (χ1n) is 6.84. The number of benzene rings is 1. The van der Waals surface area contributed by atoms with Gasteiger partial charge in [0.15, 0.2) is 0 Å². The molecule has 94 valence electrons. The molecule has 1 aromatic carbocycles. The summed E-state index contributed by atoms with van der Waals surface area (Å²) < 4.78 is 5.88. The second kappa shape index (κ2) is 4.11. The fourth-order valence-corrected chi connectivity index (χ4v) is 3.40. The first-order valence-corrected chi connectivity index (χ1v) is 6.84. The van der Waals surface area contributed by atoms with Crippen molar-refractivity contribution in [2.24, 2.45) is 0 Å². The van der Waals surface area contributed by atoms with Crippen LogP contribution >= 0.6 is 0 Å². The molecule has 3 heteroatoms. The number of ether oxygens (including phenoxy) is 1. The molecule has 2 aliphatic heterocycles. The lowest BCUT2D eigenvalue weighted by Crippen LogP contribution is -2.36. The van der Waals surface area contributed by atoms with Crippen LogP contribution in [-0.4, -0.2) is 23.2 Å². The van der Waals surface area contributed by atoms with E-state index in [9.17, 15) is 0 Å². The summed E-state index contributed by atoms with van der Waals surface area (Å²) >= 11 is 0. The Bertz CT molecular complexity index is 562. The molecule has 0 aliphatic carbocycles. The average Bonchev–Trinajstić information content (AvgIpc) is 3.11. The van der Waals surface area contributed by atoms with Gasteiger partial charge in [0.1, 0.15) is 0 Å². The predicted octanol–water partition coefficient (Wildman–Crippen LogP) is 2.58. The summed E-state index contributed by atoms with van der Waals surface area (Å²) in [6.07, 6.45) is 6.67. The maximum absolute atomic E-state index is 5.88. The molecule has 2 fully saturated rings. The van der Waals surface area contributed by atoms with Crippen LogP contribution in [0.15, 0.2) is 30.5 Å². The van der Waals surface area contributed by atoms with E-state index in [-0.39, 0.29) is 0 Å². The van der Waals surface area contributed by atoms with Gasteiger partial charge in [-0.25, -0.2) is 0 Å². The van der Waals surface area contributed by atoms with E-state index in [0.29, 0.717) is 18.2 Å². The highest BCUT2D eigenvalue weighted by Crippen LogP contribution is 2.34. The number of aromatic nitrogens is 1. The summed E-state index contributed by atoms with van der Waals surface area (Å²) in [6.45, 7) is 0.937. The van der Waals surface area contributed by atoms with Crippen molar-refractivity contribution in [3.63, 3.8) is 0 Å². The lowest BCUT2D eigenvalue weighted by atomic mass is 9.95. The molecule has 0 spiro atoms. The van der Waals surface area contributed by atoms with Crippen molar-refractivity contribution in [3.05, 3.63) is 36.0 Å². The second-order valence-corrected chi connectivity index (χ2v) is 5.45. The van der Waals surface area contributed by atoms with Gasteiger partial charge in [-0.3, -0.25) is 0 Å². The van der Waals surface area contributed by atoms with Crippen molar-refractivity contribution in [1.82, 2.24) is 10.3 Å². The largest absolute Gasteiger partial charge is 0.373 e. The number of fused-ring (bicyclic) bond motifs is 3. The SMILES string of the molecule is c1cc(CNC2CC3CCC2O3)c2cc[nH]c2c1. The van der Waals surface area contributed by atoms with Gasteiger partial charge in [0, 0.05) is 29.7 Å². The minimum Gasteiger partial charge on any atom is -0.373 e. The zero-order valence-corrected chi connectivity index (χ0v) is 10.4. The molecular weight excluding hydrogens is 224 g/mol. The van der Waals surface area contributed by atoms with Crippen LogP contribution in [0.2, 0.25) is 0 Å².